The van der Waals surface area contributed by atoms with Crippen LogP contribution in [-0.4, -0.2) is 56.5 Å². The molecule has 0 spiro atoms. The summed E-state index contributed by atoms with van der Waals surface area (Å²) >= 11 is 5.98. The Bertz CT molecular complexity index is 730. The Morgan fingerprint density at radius 1 is 1.41 bits per heavy atom. The van der Waals surface area contributed by atoms with Crippen LogP contribution in [0.25, 0.3) is 0 Å². The summed E-state index contributed by atoms with van der Waals surface area (Å²) in [5.41, 5.74) is 0.452. The highest BCUT2D eigenvalue weighted by Gasteiger charge is 2.44. The van der Waals surface area contributed by atoms with E-state index in [1.165, 1.54) is 0 Å². The van der Waals surface area contributed by atoms with E-state index in [-0.39, 0.29) is 12.4 Å². The van der Waals surface area contributed by atoms with Crippen molar-refractivity contribution in [1.82, 2.24) is 10.2 Å². The third-order valence-corrected chi connectivity index (χ3v) is 5.11. The van der Waals surface area contributed by atoms with Crippen LogP contribution in [0.5, 0.6) is 0 Å². The number of halogens is 2. The first kappa shape index (κ1) is 19.6. The van der Waals surface area contributed by atoms with Gasteiger partial charge in [-0.05, 0) is 31.0 Å². The number of hydrogen-bond acceptors (Lipinski definition) is 5. The maximum absolute atomic E-state index is 13.2. The second-order valence-corrected chi connectivity index (χ2v) is 7.42. The summed E-state index contributed by atoms with van der Waals surface area (Å²) in [6.45, 7) is 2.51. The predicted octanol–water partition coefficient (Wildman–Crippen LogP) is 2.81. The number of nitrogens with one attached hydrogen (secondary N) is 3. The Morgan fingerprint density at radius 3 is 2.74 bits per heavy atom. The fraction of sp³-hybridized carbons (Fsp3) is 0.474. The van der Waals surface area contributed by atoms with Gasteiger partial charge in [-0.2, -0.15) is 0 Å². The second-order valence-electron chi connectivity index (χ2n) is 6.98. The van der Waals surface area contributed by atoms with Gasteiger partial charge in [-0.25, -0.2) is 0 Å². The molecule has 2 fully saturated rings. The molecule has 0 bridgehead atoms. The van der Waals surface area contributed by atoms with E-state index >= 15 is 0 Å². The quantitative estimate of drug-likeness (QED) is 0.360. The molecule has 146 valence electrons. The van der Waals surface area contributed by atoms with E-state index in [4.69, 9.17) is 21.7 Å². The zero-order valence-electron chi connectivity index (χ0n) is 15.1. The summed E-state index contributed by atoms with van der Waals surface area (Å²) in [5, 5.41) is 14.3. The van der Waals surface area contributed by atoms with Crippen molar-refractivity contribution in [2.24, 2.45) is 5.41 Å². The maximum Gasteiger partial charge on any atom is 0.293 e. The van der Waals surface area contributed by atoms with Crippen molar-refractivity contribution in [2.45, 2.75) is 12.8 Å². The van der Waals surface area contributed by atoms with Crippen molar-refractivity contribution in [3.63, 3.8) is 0 Å². The Hall–Kier alpha value is -2.12. The minimum absolute atomic E-state index is 0.0478. The van der Waals surface area contributed by atoms with Gasteiger partial charge in [0.15, 0.2) is 0 Å². The van der Waals surface area contributed by atoms with Crippen LogP contribution >= 0.6 is 11.6 Å². The van der Waals surface area contributed by atoms with Gasteiger partial charge in [-0.3, -0.25) is 9.18 Å². The molecule has 3 N–H and O–H groups in total. The number of rotatable bonds is 8. The molecule has 1 saturated carbocycles. The molecule has 1 amide bonds. The fourth-order valence-corrected chi connectivity index (χ4v) is 3.12. The highest BCUT2D eigenvalue weighted by molar-refractivity contribution is 6.31. The Balaban J connectivity index is 1.84. The number of carbonyl (C=O) groups is 1. The number of amides is 1. The van der Waals surface area contributed by atoms with Gasteiger partial charge in [0.1, 0.15) is 5.70 Å². The largest absolute Gasteiger partial charge is 0.486 e. The molecule has 3 rings (SSSR count). The lowest BCUT2D eigenvalue weighted by molar-refractivity contribution is -0.116. The van der Waals surface area contributed by atoms with Crippen LogP contribution < -0.4 is 10.6 Å². The van der Waals surface area contributed by atoms with Crippen LogP contribution in [0.1, 0.15) is 12.8 Å². The van der Waals surface area contributed by atoms with Gasteiger partial charge in [-0.1, -0.05) is 17.7 Å². The van der Waals surface area contributed by atoms with Crippen LogP contribution in [-0.2, 0) is 9.53 Å². The number of benzene rings is 1. The van der Waals surface area contributed by atoms with Crippen molar-refractivity contribution < 1.29 is 13.9 Å². The van der Waals surface area contributed by atoms with Gasteiger partial charge in [0.25, 0.3) is 5.91 Å². The highest BCUT2D eigenvalue weighted by Crippen LogP contribution is 2.46. The summed E-state index contributed by atoms with van der Waals surface area (Å²) in [4.78, 5) is 14.9. The Morgan fingerprint density at radius 2 is 2.15 bits per heavy atom. The summed E-state index contributed by atoms with van der Waals surface area (Å²) in [6, 6.07) is 6.81. The van der Waals surface area contributed by atoms with E-state index in [0.29, 0.717) is 29.5 Å². The predicted molar refractivity (Wildman–Crippen MR) is 104 cm³/mol. The van der Waals surface area contributed by atoms with Crippen molar-refractivity contribution in [3.8, 4) is 0 Å². The lowest BCUT2D eigenvalue weighted by Crippen LogP contribution is -2.44. The lowest BCUT2D eigenvalue weighted by Gasteiger charge is -2.31. The first-order chi connectivity index (χ1) is 13.1. The summed E-state index contributed by atoms with van der Waals surface area (Å²) < 4.78 is 19.1. The zero-order valence-corrected chi connectivity index (χ0v) is 15.8. The van der Waals surface area contributed by atoms with E-state index in [9.17, 15) is 9.18 Å². The number of ether oxygens (including phenoxy) is 1. The van der Waals surface area contributed by atoms with Crippen LogP contribution in [0.3, 0.4) is 0 Å². The van der Waals surface area contributed by atoms with E-state index in [1.807, 2.05) is 4.90 Å². The molecular formula is C19H24ClFN4O2. The highest BCUT2D eigenvalue weighted by atomic mass is 35.5. The molecule has 2 aliphatic rings. The summed E-state index contributed by atoms with van der Waals surface area (Å²) in [5.74, 6) is -0.421. The fourth-order valence-electron chi connectivity index (χ4n) is 2.93. The van der Waals surface area contributed by atoms with E-state index in [2.05, 4.69) is 10.6 Å². The molecule has 8 heteroatoms. The molecule has 1 heterocycles. The van der Waals surface area contributed by atoms with Crippen LogP contribution in [0, 0.1) is 10.8 Å². The maximum atomic E-state index is 13.2. The topological polar surface area (TPSA) is 77.5 Å². The minimum Gasteiger partial charge on any atom is -0.486 e. The van der Waals surface area contributed by atoms with E-state index in [1.54, 1.807) is 24.3 Å². The molecule has 6 nitrogen and oxygen atoms in total. The van der Waals surface area contributed by atoms with E-state index < -0.39 is 18.0 Å². The monoisotopic (exact) mass is 394 g/mol. The van der Waals surface area contributed by atoms with Gasteiger partial charge >= 0.3 is 0 Å². The average molecular weight is 395 g/mol. The van der Waals surface area contributed by atoms with Crippen molar-refractivity contribution in [3.05, 3.63) is 40.7 Å². The van der Waals surface area contributed by atoms with Gasteiger partial charge in [0, 0.05) is 48.5 Å². The molecule has 1 saturated heterocycles. The molecule has 0 atom stereocenters. The number of alkyl halides is 1. The normalized spacial score (nSPS) is 19.1. The lowest BCUT2D eigenvalue weighted by atomic mass is 10.1. The van der Waals surface area contributed by atoms with Gasteiger partial charge in [-0.15, -0.1) is 0 Å². The van der Waals surface area contributed by atoms with Crippen molar-refractivity contribution >= 4 is 29.4 Å². The third kappa shape index (κ3) is 4.99. The Kier molecular flexibility index (Phi) is 6.34. The molecule has 1 aromatic carbocycles. The van der Waals surface area contributed by atoms with Gasteiger partial charge < -0.3 is 25.7 Å². The first-order valence-corrected chi connectivity index (χ1v) is 9.41. The standard InChI is InChI=1S/C19H24ClFN4O2/c20-14-2-1-3-15(10-14)24-18(26)17(27-13-19(12-21)4-5-19)16(11-22)25-8-6-23-7-9-25/h1-3,10-11,22-23H,4-9,12-13H2,(H,24,26)/b17-16-,22-11?. The average Bonchev–Trinajstić information content (AvgIpc) is 3.46. The minimum atomic E-state index is -0.488. The number of nitrogens with zero attached hydrogens (tertiary/aromatic N) is 1. The Labute approximate surface area is 163 Å². The second kappa shape index (κ2) is 8.71. The van der Waals surface area contributed by atoms with Crippen molar-refractivity contribution in [2.75, 3.05) is 44.8 Å². The molecule has 0 aromatic heterocycles. The van der Waals surface area contributed by atoms with E-state index in [0.717, 1.165) is 32.1 Å². The first-order valence-electron chi connectivity index (χ1n) is 9.03. The van der Waals surface area contributed by atoms with Crippen LogP contribution in [0.15, 0.2) is 35.7 Å². The molecule has 0 radical (unpaired) electrons. The van der Waals surface area contributed by atoms with Crippen molar-refractivity contribution in [1.29, 1.82) is 5.41 Å². The third-order valence-electron chi connectivity index (χ3n) is 4.88. The smallest absolute Gasteiger partial charge is 0.293 e. The number of allylic oxidation sites excluding steroid dienone is 1. The number of hydrogen-bond donors (Lipinski definition) is 3. The zero-order chi connectivity index (χ0) is 19.3. The molecule has 1 aromatic rings. The van der Waals surface area contributed by atoms with Gasteiger partial charge in [0.2, 0.25) is 5.76 Å². The molecular weight excluding hydrogens is 371 g/mol. The number of carbonyl (C=O) groups excluding carboxylic acids is 1. The summed E-state index contributed by atoms with van der Waals surface area (Å²) in [7, 11) is 0. The molecule has 1 aliphatic heterocycles. The number of anilines is 1. The van der Waals surface area contributed by atoms with Crippen LogP contribution in [0.4, 0.5) is 10.1 Å². The molecule has 27 heavy (non-hydrogen) atoms. The SMILES string of the molecule is N=C/C(=C(/OCC1(CF)CC1)C(=O)Nc1cccc(Cl)c1)N1CCNCC1. The molecule has 1 aliphatic carbocycles. The summed E-state index contributed by atoms with van der Waals surface area (Å²) in [6.07, 6.45) is 2.63. The number of piperazine rings is 1. The van der Waals surface area contributed by atoms with Crippen LogP contribution in [0.2, 0.25) is 5.02 Å². The molecule has 0 unspecified atom stereocenters. The van der Waals surface area contributed by atoms with Gasteiger partial charge in [0.05, 0.1) is 13.3 Å².